The van der Waals surface area contributed by atoms with Gasteiger partial charge in [0.25, 0.3) is 5.91 Å². The van der Waals surface area contributed by atoms with Gasteiger partial charge in [0.1, 0.15) is 16.1 Å². The predicted octanol–water partition coefficient (Wildman–Crippen LogP) is 2.92. The molecule has 1 unspecified atom stereocenters. The largest absolute Gasteiger partial charge is 0.386 e. The Morgan fingerprint density at radius 2 is 2.08 bits per heavy atom. The SMILES string of the molecule is CC(O)c1nnc(C2CC(NC(=O)c3cc(-c4ccccc4)on3)C2)s1. The summed E-state index contributed by atoms with van der Waals surface area (Å²) >= 11 is 1.43. The van der Waals surface area contributed by atoms with E-state index in [1.807, 2.05) is 30.3 Å². The molecule has 0 aliphatic heterocycles. The molecular weight excluding hydrogens is 352 g/mol. The molecule has 134 valence electrons. The van der Waals surface area contributed by atoms with E-state index < -0.39 is 6.10 Å². The molecule has 1 atom stereocenters. The van der Waals surface area contributed by atoms with E-state index in [1.54, 1.807) is 13.0 Å². The van der Waals surface area contributed by atoms with Crippen LogP contribution in [0.5, 0.6) is 0 Å². The van der Waals surface area contributed by atoms with E-state index in [2.05, 4.69) is 20.7 Å². The van der Waals surface area contributed by atoms with Crippen molar-refractivity contribution in [3.63, 3.8) is 0 Å². The number of hydrogen-bond acceptors (Lipinski definition) is 7. The molecule has 0 saturated heterocycles. The lowest BCUT2D eigenvalue weighted by Gasteiger charge is -2.33. The van der Waals surface area contributed by atoms with Crippen molar-refractivity contribution in [3.8, 4) is 11.3 Å². The van der Waals surface area contributed by atoms with Crippen LogP contribution in [0, 0.1) is 0 Å². The number of nitrogens with one attached hydrogen (secondary N) is 1. The summed E-state index contributed by atoms with van der Waals surface area (Å²) in [5.41, 5.74) is 1.16. The van der Waals surface area contributed by atoms with Crippen molar-refractivity contribution in [1.82, 2.24) is 20.7 Å². The van der Waals surface area contributed by atoms with Gasteiger partial charge < -0.3 is 14.9 Å². The quantitative estimate of drug-likeness (QED) is 0.716. The Balaban J connectivity index is 1.33. The Labute approximate surface area is 154 Å². The highest BCUT2D eigenvalue weighted by Gasteiger charge is 2.34. The first kappa shape index (κ1) is 16.9. The number of nitrogens with zero attached hydrogens (tertiary/aromatic N) is 3. The van der Waals surface area contributed by atoms with Crippen LogP contribution >= 0.6 is 11.3 Å². The first-order valence-electron chi connectivity index (χ1n) is 8.44. The Morgan fingerprint density at radius 3 is 2.77 bits per heavy atom. The van der Waals surface area contributed by atoms with Gasteiger partial charge in [-0.05, 0) is 19.8 Å². The number of aliphatic hydroxyl groups excluding tert-OH is 1. The molecule has 3 aromatic rings. The molecule has 7 nitrogen and oxygen atoms in total. The van der Waals surface area contributed by atoms with Gasteiger partial charge in [0.2, 0.25) is 0 Å². The van der Waals surface area contributed by atoms with Crippen LogP contribution in [-0.4, -0.2) is 32.4 Å². The van der Waals surface area contributed by atoms with Crippen LogP contribution in [0.2, 0.25) is 0 Å². The van der Waals surface area contributed by atoms with Crippen molar-refractivity contribution < 1.29 is 14.4 Å². The Hall–Kier alpha value is -2.58. The zero-order valence-electron chi connectivity index (χ0n) is 14.1. The number of aromatic nitrogens is 3. The maximum atomic E-state index is 12.3. The molecule has 4 rings (SSSR count). The van der Waals surface area contributed by atoms with Crippen molar-refractivity contribution in [3.05, 3.63) is 52.1 Å². The molecule has 1 saturated carbocycles. The van der Waals surface area contributed by atoms with Crippen LogP contribution < -0.4 is 5.32 Å². The molecule has 2 heterocycles. The van der Waals surface area contributed by atoms with E-state index in [1.165, 1.54) is 11.3 Å². The van der Waals surface area contributed by atoms with Crippen LogP contribution in [0.25, 0.3) is 11.3 Å². The Morgan fingerprint density at radius 1 is 1.31 bits per heavy atom. The highest BCUT2D eigenvalue weighted by atomic mass is 32.1. The van der Waals surface area contributed by atoms with Gasteiger partial charge in [-0.25, -0.2) is 0 Å². The van der Waals surface area contributed by atoms with Gasteiger partial charge in [0.05, 0.1) is 0 Å². The average Bonchev–Trinajstić information content (AvgIpc) is 3.28. The minimum atomic E-state index is -0.595. The first-order valence-corrected chi connectivity index (χ1v) is 9.26. The van der Waals surface area contributed by atoms with Gasteiger partial charge in [0.15, 0.2) is 11.5 Å². The smallest absolute Gasteiger partial charge is 0.273 e. The number of carbonyl (C=O) groups is 1. The number of amides is 1. The summed E-state index contributed by atoms with van der Waals surface area (Å²) in [5, 5.41) is 26.0. The average molecular weight is 370 g/mol. The maximum Gasteiger partial charge on any atom is 0.273 e. The molecule has 0 spiro atoms. The van der Waals surface area contributed by atoms with E-state index in [9.17, 15) is 9.90 Å². The molecular formula is C18H18N4O3S. The number of aliphatic hydroxyl groups is 1. The normalized spacial score (nSPS) is 20.4. The summed E-state index contributed by atoms with van der Waals surface area (Å²) in [6.07, 6.45) is 1.02. The molecule has 1 aliphatic carbocycles. The minimum absolute atomic E-state index is 0.0864. The lowest BCUT2D eigenvalue weighted by Crippen LogP contribution is -2.43. The Kier molecular flexibility index (Phi) is 4.52. The maximum absolute atomic E-state index is 12.3. The highest BCUT2D eigenvalue weighted by Crippen LogP contribution is 2.39. The van der Waals surface area contributed by atoms with E-state index in [-0.39, 0.29) is 23.6 Å². The van der Waals surface area contributed by atoms with E-state index in [0.717, 1.165) is 23.4 Å². The second-order valence-electron chi connectivity index (χ2n) is 6.44. The molecule has 0 bridgehead atoms. The van der Waals surface area contributed by atoms with Gasteiger partial charge in [0, 0.05) is 23.6 Å². The minimum Gasteiger partial charge on any atom is -0.386 e. The Bertz CT molecular complexity index is 900. The zero-order valence-corrected chi connectivity index (χ0v) is 14.9. The molecule has 1 aliphatic rings. The van der Waals surface area contributed by atoms with Crippen molar-refractivity contribution in [2.75, 3.05) is 0 Å². The summed E-state index contributed by atoms with van der Waals surface area (Å²) in [6.45, 7) is 1.68. The number of rotatable bonds is 5. The summed E-state index contributed by atoms with van der Waals surface area (Å²) in [5.74, 6) is 0.616. The number of hydrogen-bond donors (Lipinski definition) is 2. The fourth-order valence-electron chi connectivity index (χ4n) is 2.90. The van der Waals surface area contributed by atoms with E-state index >= 15 is 0 Å². The standard InChI is InChI=1S/C18H18N4O3S/c1-10(23)17-20-21-18(26-17)12-7-13(8-12)19-16(24)14-9-15(25-22-14)11-5-3-2-4-6-11/h2-6,9-10,12-13,23H,7-8H2,1H3,(H,19,24). The van der Waals surface area contributed by atoms with Gasteiger partial charge >= 0.3 is 0 Å². The number of carbonyl (C=O) groups excluding carboxylic acids is 1. The van der Waals surface area contributed by atoms with Crippen molar-refractivity contribution in [1.29, 1.82) is 0 Å². The molecule has 0 radical (unpaired) electrons. The van der Waals surface area contributed by atoms with Crippen molar-refractivity contribution >= 4 is 17.2 Å². The van der Waals surface area contributed by atoms with Gasteiger partial charge in [-0.3, -0.25) is 4.79 Å². The third-order valence-electron chi connectivity index (χ3n) is 4.44. The molecule has 2 aromatic heterocycles. The van der Waals surface area contributed by atoms with E-state index in [0.29, 0.717) is 10.8 Å². The summed E-state index contributed by atoms with van der Waals surface area (Å²) in [6, 6.07) is 11.3. The lowest BCUT2D eigenvalue weighted by atomic mass is 9.80. The van der Waals surface area contributed by atoms with Crippen LogP contribution in [-0.2, 0) is 0 Å². The third kappa shape index (κ3) is 3.38. The molecule has 1 fully saturated rings. The number of benzene rings is 1. The fourth-order valence-corrected chi connectivity index (χ4v) is 3.80. The summed E-state index contributed by atoms with van der Waals surface area (Å²) in [7, 11) is 0. The second-order valence-corrected chi connectivity index (χ2v) is 7.48. The predicted molar refractivity (Wildman–Crippen MR) is 95.7 cm³/mol. The zero-order chi connectivity index (χ0) is 18.1. The van der Waals surface area contributed by atoms with Crippen LogP contribution in [0.3, 0.4) is 0 Å². The summed E-state index contributed by atoms with van der Waals surface area (Å²) in [4.78, 5) is 12.3. The van der Waals surface area contributed by atoms with Crippen LogP contribution in [0.15, 0.2) is 40.9 Å². The first-order chi connectivity index (χ1) is 12.6. The fraction of sp³-hybridized carbons (Fsp3) is 0.333. The monoisotopic (exact) mass is 370 g/mol. The summed E-state index contributed by atoms with van der Waals surface area (Å²) < 4.78 is 5.27. The van der Waals surface area contributed by atoms with Crippen LogP contribution in [0.1, 0.15) is 52.3 Å². The van der Waals surface area contributed by atoms with Gasteiger partial charge in [-0.1, -0.05) is 46.8 Å². The molecule has 8 heteroatoms. The molecule has 1 aromatic carbocycles. The lowest BCUT2D eigenvalue weighted by molar-refractivity contribution is 0.0899. The van der Waals surface area contributed by atoms with Gasteiger partial charge in [-0.15, -0.1) is 10.2 Å². The van der Waals surface area contributed by atoms with Crippen molar-refractivity contribution in [2.24, 2.45) is 0 Å². The third-order valence-corrected chi connectivity index (χ3v) is 5.69. The van der Waals surface area contributed by atoms with E-state index in [4.69, 9.17) is 4.52 Å². The topological polar surface area (TPSA) is 101 Å². The van der Waals surface area contributed by atoms with Crippen LogP contribution in [0.4, 0.5) is 0 Å². The second kappa shape index (κ2) is 6.97. The van der Waals surface area contributed by atoms with Crippen molar-refractivity contribution in [2.45, 2.75) is 37.8 Å². The molecule has 2 N–H and O–H groups in total. The van der Waals surface area contributed by atoms with Gasteiger partial charge in [-0.2, -0.15) is 0 Å². The highest BCUT2D eigenvalue weighted by molar-refractivity contribution is 7.11. The molecule has 1 amide bonds. The molecule has 26 heavy (non-hydrogen) atoms.